The summed E-state index contributed by atoms with van der Waals surface area (Å²) in [4.78, 5) is 23.6. The predicted octanol–water partition coefficient (Wildman–Crippen LogP) is 1.68. The molecule has 0 aliphatic carbocycles. The Morgan fingerprint density at radius 1 is 1.25 bits per heavy atom. The van der Waals surface area contributed by atoms with E-state index in [9.17, 15) is 9.59 Å². The molecular weight excluding hydrogens is 280 g/mol. The van der Waals surface area contributed by atoms with Gasteiger partial charge in [0, 0.05) is 11.9 Å². The van der Waals surface area contributed by atoms with Gasteiger partial charge in [-0.05, 0) is 31.5 Å². The number of amides is 1. The first-order valence-electron chi connectivity index (χ1n) is 6.23. The molecule has 1 amide bonds. The largest absolute Gasteiger partial charge is 0.422 e. The van der Waals surface area contributed by atoms with Gasteiger partial charge in [-0.2, -0.15) is 0 Å². The summed E-state index contributed by atoms with van der Waals surface area (Å²) in [5, 5.41) is 3.42. The third-order valence-electron chi connectivity index (χ3n) is 2.80. The van der Waals surface area contributed by atoms with E-state index in [0.717, 1.165) is 18.2 Å². The van der Waals surface area contributed by atoms with E-state index in [1.54, 1.807) is 24.3 Å². The molecule has 0 spiro atoms. The van der Waals surface area contributed by atoms with Crippen molar-refractivity contribution in [1.29, 1.82) is 0 Å². The first-order valence-corrected chi connectivity index (χ1v) is 6.23. The molecule has 0 atom stereocenters. The maximum Gasteiger partial charge on any atom is 0.349 e. The van der Waals surface area contributed by atoms with Gasteiger partial charge in [0.25, 0.3) is 5.91 Å². The zero-order valence-corrected chi connectivity index (χ0v) is 11.7. The van der Waals surface area contributed by atoms with Crippen LogP contribution in [0, 0.1) is 0 Å². The number of rotatable bonds is 5. The summed E-state index contributed by atoms with van der Waals surface area (Å²) in [6.45, 7) is 1.09. The third-order valence-corrected chi connectivity index (χ3v) is 2.80. The SMILES string of the molecule is Cl.NCCCCNC(=O)c1cc2ccccc2oc1=O. The molecule has 3 N–H and O–H groups in total. The van der Waals surface area contributed by atoms with Gasteiger partial charge in [-0.25, -0.2) is 4.79 Å². The summed E-state index contributed by atoms with van der Waals surface area (Å²) >= 11 is 0. The van der Waals surface area contributed by atoms with Gasteiger partial charge in [0.1, 0.15) is 11.1 Å². The van der Waals surface area contributed by atoms with Crippen LogP contribution in [0.2, 0.25) is 0 Å². The molecule has 6 heteroatoms. The molecule has 0 aliphatic rings. The molecule has 1 heterocycles. The van der Waals surface area contributed by atoms with Crippen molar-refractivity contribution >= 4 is 29.3 Å². The molecule has 2 rings (SSSR count). The summed E-state index contributed by atoms with van der Waals surface area (Å²) in [6.07, 6.45) is 1.63. The lowest BCUT2D eigenvalue weighted by atomic mass is 10.2. The van der Waals surface area contributed by atoms with E-state index in [-0.39, 0.29) is 18.0 Å². The fraction of sp³-hybridized carbons (Fsp3) is 0.286. The fourth-order valence-electron chi connectivity index (χ4n) is 1.79. The van der Waals surface area contributed by atoms with Gasteiger partial charge in [0.15, 0.2) is 0 Å². The van der Waals surface area contributed by atoms with Gasteiger partial charge >= 0.3 is 5.63 Å². The Morgan fingerprint density at radius 2 is 2.00 bits per heavy atom. The average Bonchev–Trinajstić information content (AvgIpc) is 2.42. The minimum absolute atomic E-state index is 0. The van der Waals surface area contributed by atoms with Crippen molar-refractivity contribution in [2.24, 2.45) is 5.73 Å². The number of halogens is 1. The van der Waals surface area contributed by atoms with Crippen LogP contribution < -0.4 is 16.7 Å². The monoisotopic (exact) mass is 296 g/mol. The van der Waals surface area contributed by atoms with Crippen LogP contribution >= 0.6 is 12.4 Å². The van der Waals surface area contributed by atoms with Crippen molar-refractivity contribution < 1.29 is 9.21 Å². The van der Waals surface area contributed by atoms with Crippen molar-refractivity contribution in [3.05, 3.63) is 46.3 Å². The number of carbonyl (C=O) groups excluding carboxylic acids is 1. The Hall–Kier alpha value is -1.85. The molecule has 1 aromatic carbocycles. The van der Waals surface area contributed by atoms with E-state index >= 15 is 0 Å². The Morgan fingerprint density at radius 3 is 2.75 bits per heavy atom. The van der Waals surface area contributed by atoms with Crippen molar-refractivity contribution in [2.45, 2.75) is 12.8 Å². The van der Waals surface area contributed by atoms with E-state index in [4.69, 9.17) is 10.2 Å². The maximum atomic E-state index is 11.9. The Bertz CT molecular complexity index is 640. The van der Waals surface area contributed by atoms with Crippen LogP contribution in [0.1, 0.15) is 23.2 Å². The van der Waals surface area contributed by atoms with Crippen LogP contribution in [-0.2, 0) is 0 Å². The highest BCUT2D eigenvalue weighted by molar-refractivity contribution is 5.96. The first-order chi connectivity index (χ1) is 9.22. The van der Waals surface area contributed by atoms with E-state index < -0.39 is 11.5 Å². The first kappa shape index (κ1) is 16.2. The lowest BCUT2D eigenvalue weighted by molar-refractivity contribution is 0.0949. The van der Waals surface area contributed by atoms with Gasteiger partial charge in [0.05, 0.1) is 0 Å². The van der Waals surface area contributed by atoms with Gasteiger partial charge in [-0.1, -0.05) is 18.2 Å². The maximum absolute atomic E-state index is 11.9. The van der Waals surface area contributed by atoms with E-state index in [0.29, 0.717) is 18.7 Å². The molecule has 2 aromatic rings. The van der Waals surface area contributed by atoms with Crippen molar-refractivity contribution in [1.82, 2.24) is 5.32 Å². The highest BCUT2D eigenvalue weighted by Gasteiger charge is 2.12. The smallest absolute Gasteiger partial charge is 0.349 e. The van der Waals surface area contributed by atoms with Gasteiger partial charge < -0.3 is 15.5 Å². The van der Waals surface area contributed by atoms with Gasteiger partial charge in [-0.15, -0.1) is 12.4 Å². The number of benzene rings is 1. The fourth-order valence-corrected chi connectivity index (χ4v) is 1.79. The molecule has 0 unspecified atom stereocenters. The zero-order valence-electron chi connectivity index (χ0n) is 10.9. The molecule has 5 nitrogen and oxygen atoms in total. The quantitative estimate of drug-likeness (QED) is 0.649. The summed E-state index contributed by atoms with van der Waals surface area (Å²) in [5.74, 6) is -0.406. The summed E-state index contributed by atoms with van der Waals surface area (Å²) < 4.78 is 5.10. The van der Waals surface area contributed by atoms with E-state index in [1.807, 2.05) is 6.07 Å². The number of hydrogen-bond donors (Lipinski definition) is 2. The number of hydrogen-bond acceptors (Lipinski definition) is 4. The van der Waals surface area contributed by atoms with Crippen LogP contribution in [0.4, 0.5) is 0 Å². The topological polar surface area (TPSA) is 85.3 Å². The molecule has 0 saturated carbocycles. The van der Waals surface area contributed by atoms with E-state index in [2.05, 4.69) is 5.32 Å². The summed E-state index contributed by atoms with van der Waals surface area (Å²) in [7, 11) is 0. The number of nitrogens with one attached hydrogen (secondary N) is 1. The molecule has 0 fully saturated rings. The Kier molecular flexibility index (Phi) is 6.21. The highest BCUT2D eigenvalue weighted by atomic mass is 35.5. The molecular formula is C14H17ClN2O3. The molecule has 20 heavy (non-hydrogen) atoms. The molecule has 108 valence electrons. The standard InChI is InChI=1S/C14H16N2O3.ClH/c15-7-3-4-8-16-13(17)11-9-10-5-1-2-6-12(10)19-14(11)18;/h1-2,5-6,9H,3-4,7-8,15H2,(H,16,17);1H. The highest BCUT2D eigenvalue weighted by Crippen LogP contribution is 2.12. The molecule has 0 radical (unpaired) electrons. The second kappa shape index (κ2) is 7.67. The minimum atomic E-state index is -0.616. The second-order valence-electron chi connectivity index (χ2n) is 4.24. The Balaban J connectivity index is 0.00000200. The van der Waals surface area contributed by atoms with Crippen molar-refractivity contribution in [3.63, 3.8) is 0 Å². The summed E-state index contributed by atoms with van der Waals surface area (Å²) in [6, 6.07) is 8.64. The van der Waals surface area contributed by atoms with Crippen molar-refractivity contribution in [3.8, 4) is 0 Å². The third kappa shape index (κ3) is 3.82. The minimum Gasteiger partial charge on any atom is -0.422 e. The molecule has 0 aliphatic heterocycles. The second-order valence-corrected chi connectivity index (χ2v) is 4.24. The molecule has 0 saturated heterocycles. The van der Waals surface area contributed by atoms with Crippen LogP contribution in [0.5, 0.6) is 0 Å². The number of unbranched alkanes of at least 4 members (excludes halogenated alkanes) is 1. The number of carbonyl (C=O) groups is 1. The van der Waals surface area contributed by atoms with Crippen LogP contribution in [0.3, 0.4) is 0 Å². The van der Waals surface area contributed by atoms with Crippen molar-refractivity contribution in [2.75, 3.05) is 13.1 Å². The zero-order chi connectivity index (χ0) is 13.7. The van der Waals surface area contributed by atoms with Gasteiger partial charge in [-0.3, -0.25) is 4.79 Å². The predicted molar refractivity (Wildman–Crippen MR) is 80.4 cm³/mol. The molecule has 1 aromatic heterocycles. The molecule has 0 bridgehead atoms. The van der Waals surface area contributed by atoms with Crippen LogP contribution in [0.25, 0.3) is 11.0 Å². The van der Waals surface area contributed by atoms with Gasteiger partial charge in [0.2, 0.25) is 0 Å². The van der Waals surface area contributed by atoms with Crippen LogP contribution in [-0.4, -0.2) is 19.0 Å². The number of fused-ring (bicyclic) bond motifs is 1. The lowest BCUT2D eigenvalue weighted by Gasteiger charge is -2.04. The average molecular weight is 297 g/mol. The summed E-state index contributed by atoms with van der Waals surface area (Å²) in [5.41, 5.74) is 5.26. The van der Waals surface area contributed by atoms with Crippen LogP contribution in [0.15, 0.2) is 39.5 Å². The number of para-hydroxylation sites is 1. The number of nitrogens with two attached hydrogens (primary N) is 1. The normalized spacial score (nSPS) is 10.1. The lowest BCUT2D eigenvalue weighted by Crippen LogP contribution is -2.29. The van der Waals surface area contributed by atoms with E-state index in [1.165, 1.54) is 0 Å². The Labute approximate surface area is 122 Å².